The second-order valence-electron chi connectivity index (χ2n) is 9.33. The molecule has 0 aromatic heterocycles. The van der Waals surface area contributed by atoms with Crippen molar-refractivity contribution in [1.29, 1.82) is 0 Å². The highest BCUT2D eigenvalue weighted by atomic mass is 16.5. The van der Waals surface area contributed by atoms with Crippen molar-refractivity contribution in [2.24, 2.45) is 11.8 Å². The molecule has 0 saturated carbocycles. The standard InChI is InChI=1S/C27H32N2O4/c1-17-6-9-21(10-7-17)24-25(28-14-18(2)12-19(3)15-28)27(31)29(26(24)30)16-20-8-11-22(32-4)23(13-20)33-5/h6-11,13,18-19H,12,14-16H2,1-5H3. The third-order valence-electron chi connectivity index (χ3n) is 6.46. The zero-order valence-corrected chi connectivity index (χ0v) is 20.1. The van der Waals surface area contributed by atoms with Gasteiger partial charge in [0.25, 0.3) is 11.8 Å². The van der Waals surface area contributed by atoms with Crippen molar-refractivity contribution < 1.29 is 19.1 Å². The number of aryl methyl sites for hydroxylation is 1. The Balaban J connectivity index is 1.72. The van der Waals surface area contributed by atoms with Crippen LogP contribution in [0.1, 0.15) is 37.0 Å². The minimum Gasteiger partial charge on any atom is -0.493 e. The summed E-state index contributed by atoms with van der Waals surface area (Å²) in [6.07, 6.45) is 1.13. The Kier molecular flexibility index (Phi) is 6.45. The third-order valence-corrected chi connectivity index (χ3v) is 6.46. The first-order valence-electron chi connectivity index (χ1n) is 11.5. The van der Waals surface area contributed by atoms with Crippen molar-refractivity contribution >= 4 is 17.4 Å². The summed E-state index contributed by atoms with van der Waals surface area (Å²) in [5, 5.41) is 0. The number of hydrogen-bond acceptors (Lipinski definition) is 5. The number of benzene rings is 2. The average Bonchev–Trinajstić information content (AvgIpc) is 3.03. The summed E-state index contributed by atoms with van der Waals surface area (Å²) in [5.74, 6) is 1.62. The molecule has 0 bridgehead atoms. The normalized spacial score (nSPS) is 21.1. The lowest BCUT2D eigenvalue weighted by Crippen LogP contribution is -2.41. The molecular formula is C27H32N2O4. The highest BCUT2D eigenvalue weighted by Crippen LogP contribution is 2.36. The minimum absolute atomic E-state index is 0.176. The fourth-order valence-corrected chi connectivity index (χ4v) is 4.99. The van der Waals surface area contributed by atoms with E-state index < -0.39 is 0 Å². The van der Waals surface area contributed by atoms with Gasteiger partial charge in [0.05, 0.1) is 26.3 Å². The third kappa shape index (κ3) is 4.47. The van der Waals surface area contributed by atoms with E-state index in [9.17, 15) is 9.59 Å². The lowest BCUT2D eigenvalue weighted by atomic mass is 9.91. The van der Waals surface area contributed by atoms with Crippen molar-refractivity contribution in [1.82, 2.24) is 9.80 Å². The molecular weight excluding hydrogens is 416 g/mol. The predicted molar refractivity (Wildman–Crippen MR) is 128 cm³/mol. The maximum atomic E-state index is 13.7. The Morgan fingerprint density at radius 1 is 0.879 bits per heavy atom. The molecule has 2 unspecified atom stereocenters. The van der Waals surface area contributed by atoms with E-state index in [1.54, 1.807) is 20.3 Å². The van der Waals surface area contributed by atoms with Crippen molar-refractivity contribution in [2.75, 3.05) is 27.3 Å². The summed E-state index contributed by atoms with van der Waals surface area (Å²) >= 11 is 0. The van der Waals surface area contributed by atoms with Gasteiger partial charge < -0.3 is 14.4 Å². The highest BCUT2D eigenvalue weighted by Gasteiger charge is 2.42. The van der Waals surface area contributed by atoms with Crippen LogP contribution in [0.25, 0.3) is 5.57 Å². The van der Waals surface area contributed by atoms with Gasteiger partial charge in [-0.15, -0.1) is 0 Å². The highest BCUT2D eigenvalue weighted by molar-refractivity contribution is 6.35. The summed E-state index contributed by atoms with van der Waals surface area (Å²) in [5.41, 5.74) is 3.73. The Morgan fingerprint density at radius 2 is 1.52 bits per heavy atom. The van der Waals surface area contributed by atoms with E-state index in [0.29, 0.717) is 34.6 Å². The molecule has 2 aromatic carbocycles. The average molecular weight is 449 g/mol. The second-order valence-corrected chi connectivity index (χ2v) is 9.33. The van der Waals surface area contributed by atoms with E-state index in [1.807, 2.05) is 43.3 Å². The molecule has 2 aliphatic rings. The van der Waals surface area contributed by atoms with Crippen LogP contribution in [0.4, 0.5) is 0 Å². The van der Waals surface area contributed by atoms with Crippen molar-refractivity contribution in [3.05, 3.63) is 64.9 Å². The van der Waals surface area contributed by atoms with Gasteiger partial charge in [-0.25, -0.2) is 0 Å². The SMILES string of the molecule is COc1ccc(CN2C(=O)C(c3ccc(C)cc3)=C(N3CC(C)CC(C)C3)C2=O)cc1OC. The molecule has 0 radical (unpaired) electrons. The van der Waals surface area contributed by atoms with Crippen molar-refractivity contribution in [3.8, 4) is 11.5 Å². The summed E-state index contributed by atoms with van der Waals surface area (Å²) in [6, 6.07) is 13.3. The molecule has 33 heavy (non-hydrogen) atoms. The number of methoxy groups -OCH3 is 2. The summed E-state index contributed by atoms with van der Waals surface area (Å²) < 4.78 is 10.7. The first-order valence-corrected chi connectivity index (χ1v) is 11.5. The van der Waals surface area contributed by atoms with Crippen LogP contribution in [-0.4, -0.2) is 48.9 Å². The summed E-state index contributed by atoms with van der Waals surface area (Å²) in [7, 11) is 3.15. The van der Waals surface area contributed by atoms with E-state index in [0.717, 1.165) is 36.2 Å². The molecule has 174 valence electrons. The smallest absolute Gasteiger partial charge is 0.278 e. The van der Waals surface area contributed by atoms with Gasteiger partial charge in [-0.1, -0.05) is 49.7 Å². The van der Waals surface area contributed by atoms with Crippen molar-refractivity contribution in [3.63, 3.8) is 0 Å². The molecule has 2 aliphatic heterocycles. The summed E-state index contributed by atoms with van der Waals surface area (Å²) in [4.78, 5) is 30.9. The minimum atomic E-state index is -0.250. The lowest BCUT2D eigenvalue weighted by molar-refractivity contribution is -0.138. The van der Waals surface area contributed by atoms with Gasteiger partial charge in [0.15, 0.2) is 11.5 Å². The number of rotatable bonds is 6. The van der Waals surface area contributed by atoms with Gasteiger partial charge in [-0.2, -0.15) is 0 Å². The molecule has 6 heteroatoms. The Hall–Kier alpha value is -3.28. The number of imide groups is 1. The van der Waals surface area contributed by atoms with Crippen LogP contribution in [0.3, 0.4) is 0 Å². The second kappa shape index (κ2) is 9.30. The zero-order valence-electron chi connectivity index (χ0n) is 20.1. The molecule has 2 aromatic rings. The van der Waals surface area contributed by atoms with Crippen LogP contribution in [0.2, 0.25) is 0 Å². The monoisotopic (exact) mass is 448 g/mol. The largest absolute Gasteiger partial charge is 0.493 e. The number of carbonyl (C=O) groups is 2. The van der Waals surface area contributed by atoms with Crippen LogP contribution >= 0.6 is 0 Å². The number of nitrogens with zero attached hydrogens (tertiary/aromatic N) is 2. The molecule has 2 atom stereocenters. The molecule has 2 heterocycles. The molecule has 4 rings (SSSR count). The number of ether oxygens (including phenoxy) is 2. The zero-order chi connectivity index (χ0) is 23.7. The predicted octanol–water partition coefficient (Wildman–Crippen LogP) is 4.27. The Bertz CT molecular complexity index is 1080. The Morgan fingerprint density at radius 3 is 2.12 bits per heavy atom. The molecule has 0 spiro atoms. The fourth-order valence-electron chi connectivity index (χ4n) is 4.99. The van der Waals surface area contributed by atoms with Gasteiger partial charge >= 0.3 is 0 Å². The van der Waals surface area contributed by atoms with Crippen LogP contribution in [0, 0.1) is 18.8 Å². The molecule has 0 aliphatic carbocycles. The topological polar surface area (TPSA) is 59.1 Å². The molecule has 1 fully saturated rings. The number of piperidine rings is 1. The van der Waals surface area contributed by atoms with Crippen LogP contribution < -0.4 is 9.47 Å². The molecule has 1 saturated heterocycles. The number of carbonyl (C=O) groups excluding carboxylic acids is 2. The maximum absolute atomic E-state index is 13.7. The van der Waals surface area contributed by atoms with E-state index in [-0.39, 0.29) is 18.4 Å². The van der Waals surface area contributed by atoms with Gasteiger partial charge in [0, 0.05) is 13.1 Å². The number of likely N-dealkylation sites (tertiary alicyclic amines) is 1. The quantitative estimate of drug-likeness (QED) is 0.618. The van der Waals surface area contributed by atoms with Crippen LogP contribution in [-0.2, 0) is 16.1 Å². The molecule has 6 nitrogen and oxygen atoms in total. The van der Waals surface area contributed by atoms with Crippen molar-refractivity contribution in [2.45, 2.75) is 33.7 Å². The van der Waals surface area contributed by atoms with Crippen LogP contribution in [0.5, 0.6) is 11.5 Å². The van der Waals surface area contributed by atoms with E-state index in [2.05, 4.69) is 18.7 Å². The van der Waals surface area contributed by atoms with Gasteiger partial charge in [-0.3, -0.25) is 14.5 Å². The summed E-state index contributed by atoms with van der Waals surface area (Å²) in [6.45, 7) is 8.15. The van der Waals surface area contributed by atoms with Gasteiger partial charge in [0.1, 0.15) is 5.70 Å². The van der Waals surface area contributed by atoms with E-state index >= 15 is 0 Å². The fraction of sp³-hybridized carbons (Fsp3) is 0.407. The first-order chi connectivity index (χ1) is 15.8. The van der Waals surface area contributed by atoms with E-state index in [1.165, 1.54) is 4.90 Å². The first kappa shape index (κ1) is 22.9. The maximum Gasteiger partial charge on any atom is 0.278 e. The van der Waals surface area contributed by atoms with Gasteiger partial charge in [-0.05, 0) is 48.4 Å². The lowest BCUT2D eigenvalue weighted by Gasteiger charge is -2.37. The van der Waals surface area contributed by atoms with E-state index in [4.69, 9.17) is 9.47 Å². The van der Waals surface area contributed by atoms with Gasteiger partial charge in [0.2, 0.25) is 0 Å². The molecule has 2 amide bonds. The Labute approximate surface area is 195 Å². The van der Waals surface area contributed by atoms with Crippen LogP contribution in [0.15, 0.2) is 48.2 Å². The molecule has 0 N–H and O–H groups in total. The number of amides is 2. The number of hydrogen-bond donors (Lipinski definition) is 0.